The van der Waals surface area contributed by atoms with Gasteiger partial charge in [-0.2, -0.15) is 4.98 Å². The summed E-state index contributed by atoms with van der Waals surface area (Å²) in [4.78, 5) is 16.4. The number of nitrogens with one attached hydrogen (secondary N) is 2. The second-order valence-corrected chi connectivity index (χ2v) is 13.2. The number of piperazine rings is 1. The number of aromatic nitrogens is 2. The Hall–Kier alpha value is -3.58. The number of piperidine rings is 1. The van der Waals surface area contributed by atoms with E-state index < -0.39 is 10.0 Å². The number of methoxy groups -OCH3 is 1. The van der Waals surface area contributed by atoms with Crippen molar-refractivity contribution >= 4 is 56.1 Å². The zero-order chi connectivity index (χ0) is 30.0. The highest BCUT2D eigenvalue weighted by Gasteiger charge is 2.28. The van der Waals surface area contributed by atoms with Gasteiger partial charge in [0.1, 0.15) is 10.8 Å². The van der Waals surface area contributed by atoms with E-state index in [0.717, 1.165) is 63.5 Å². The van der Waals surface area contributed by atoms with Crippen molar-refractivity contribution in [2.75, 3.05) is 79.8 Å². The number of nitrogens with zero attached hydrogens (tertiary/aromatic N) is 6. The van der Waals surface area contributed by atoms with Gasteiger partial charge < -0.3 is 25.2 Å². The van der Waals surface area contributed by atoms with E-state index in [0.29, 0.717) is 40.0 Å². The van der Waals surface area contributed by atoms with Crippen LogP contribution in [0.5, 0.6) is 5.75 Å². The fraction of sp³-hybridized carbons (Fsp3) is 0.400. The Morgan fingerprint density at radius 3 is 2.47 bits per heavy atom. The van der Waals surface area contributed by atoms with Gasteiger partial charge in [0.25, 0.3) is 10.0 Å². The van der Waals surface area contributed by atoms with Gasteiger partial charge in [-0.05, 0) is 44.2 Å². The Bertz CT molecular complexity index is 1590. The van der Waals surface area contributed by atoms with E-state index in [-0.39, 0.29) is 6.54 Å². The lowest BCUT2D eigenvalue weighted by Crippen LogP contribution is -2.52. The number of ether oxygens (including phenoxy) is 1. The summed E-state index contributed by atoms with van der Waals surface area (Å²) in [7, 11) is 0.320. The molecule has 2 saturated heterocycles. The zero-order valence-corrected chi connectivity index (χ0v) is 26.0. The highest BCUT2D eigenvalue weighted by atomic mass is 35.5. The van der Waals surface area contributed by atoms with Crippen molar-refractivity contribution < 1.29 is 13.2 Å². The molecule has 3 aliphatic heterocycles. The lowest BCUT2D eigenvalue weighted by Gasteiger charge is -2.42. The summed E-state index contributed by atoms with van der Waals surface area (Å²) in [5.41, 5.74) is 2.91. The number of halogens is 1. The molecule has 13 heteroatoms. The first-order chi connectivity index (χ1) is 20.8. The quantitative estimate of drug-likeness (QED) is 0.372. The van der Waals surface area contributed by atoms with Crippen molar-refractivity contribution in [1.29, 1.82) is 0 Å². The molecule has 0 bridgehead atoms. The first-order valence-corrected chi connectivity index (χ1v) is 16.4. The molecule has 0 atom stereocenters. The summed E-state index contributed by atoms with van der Waals surface area (Å²) < 4.78 is 32.1. The van der Waals surface area contributed by atoms with E-state index in [1.165, 1.54) is 15.9 Å². The third-order valence-electron chi connectivity index (χ3n) is 8.33. The number of likely N-dealkylation sites (N-methyl/N-ethyl adjacent to an activating group) is 1. The molecule has 3 aliphatic rings. The van der Waals surface area contributed by atoms with Crippen LogP contribution in [0.25, 0.3) is 0 Å². The van der Waals surface area contributed by atoms with Gasteiger partial charge in [-0.1, -0.05) is 29.8 Å². The number of hydrogen-bond donors (Lipinski definition) is 2. The molecule has 0 saturated carbocycles. The summed E-state index contributed by atoms with van der Waals surface area (Å²) >= 11 is 6.45. The molecule has 4 heterocycles. The first kappa shape index (κ1) is 29.5. The summed E-state index contributed by atoms with van der Waals surface area (Å²) in [5, 5.41) is 7.95. The largest absolute Gasteiger partial charge is 0.494 e. The maximum absolute atomic E-state index is 12.5. The van der Waals surface area contributed by atoms with Gasteiger partial charge in [0.2, 0.25) is 5.95 Å². The van der Waals surface area contributed by atoms with E-state index in [2.05, 4.69) is 48.4 Å². The van der Waals surface area contributed by atoms with Crippen LogP contribution in [0.4, 0.5) is 34.5 Å². The van der Waals surface area contributed by atoms with Gasteiger partial charge in [-0.3, -0.25) is 9.21 Å². The van der Waals surface area contributed by atoms with Gasteiger partial charge in [0, 0.05) is 62.5 Å². The maximum Gasteiger partial charge on any atom is 0.257 e. The Balaban J connectivity index is 1.14. The highest BCUT2D eigenvalue weighted by molar-refractivity contribution is 7.95. The van der Waals surface area contributed by atoms with E-state index in [9.17, 15) is 8.42 Å². The molecule has 0 aliphatic carbocycles. The highest BCUT2D eigenvalue weighted by Crippen LogP contribution is 2.36. The van der Waals surface area contributed by atoms with Crippen molar-refractivity contribution in [2.24, 2.45) is 0 Å². The molecule has 2 aromatic carbocycles. The van der Waals surface area contributed by atoms with Gasteiger partial charge in [0.15, 0.2) is 5.82 Å². The van der Waals surface area contributed by atoms with Crippen LogP contribution in [0.3, 0.4) is 0 Å². The van der Waals surface area contributed by atoms with Crippen LogP contribution in [-0.4, -0.2) is 94.2 Å². The summed E-state index contributed by atoms with van der Waals surface area (Å²) in [6.45, 7) is 6.89. The van der Waals surface area contributed by atoms with Crippen molar-refractivity contribution in [3.63, 3.8) is 0 Å². The Morgan fingerprint density at radius 1 is 0.977 bits per heavy atom. The van der Waals surface area contributed by atoms with Crippen LogP contribution in [0.2, 0.25) is 5.02 Å². The van der Waals surface area contributed by atoms with Gasteiger partial charge in [-0.15, -0.1) is 0 Å². The van der Waals surface area contributed by atoms with Crippen molar-refractivity contribution in [2.45, 2.75) is 18.9 Å². The lowest BCUT2D eigenvalue weighted by atomic mass is 10.0. The summed E-state index contributed by atoms with van der Waals surface area (Å²) in [5.74, 6) is 1.35. The predicted octanol–water partition coefficient (Wildman–Crippen LogP) is 4.51. The second-order valence-electron chi connectivity index (χ2n) is 11.0. The van der Waals surface area contributed by atoms with Crippen LogP contribution in [0.1, 0.15) is 12.8 Å². The number of para-hydroxylation sites is 2. The van der Waals surface area contributed by atoms with Crippen molar-refractivity contribution in [3.8, 4) is 5.75 Å². The average molecular weight is 625 g/mol. The van der Waals surface area contributed by atoms with Crippen molar-refractivity contribution in [1.82, 2.24) is 19.8 Å². The van der Waals surface area contributed by atoms with Crippen LogP contribution in [0.15, 0.2) is 60.1 Å². The minimum Gasteiger partial charge on any atom is -0.494 e. The summed E-state index contributed by atoms with van der Waals surface area (Å²) in [6.07, 6.45) is 5.43. The van der Waals surface area contributed by atoms with Gasteiger partial charge >= 0.3 is 0 Å². The predicted molar refractivity (Wildman–Crippen MR) is 173 cm³/mol. The third-order valence-corrected chi connectivity index (χ3v) is 10.1. The molecule has 2 fully saturated rings. The minimum atomic E-state index is -3.53. The molecule has 0 unspecified atom stereocenters. The molecule has 0 spiro atoms. The van der Waals surface area contributed by atoms with Crippen LogP contribution in [-0.2, 0) is 10.0 Å². The average Bonchev–Trinajstić information content (AvgIpc) is 3.38. The fourth-order valence-corrected chi connectivity index (χ4v) is 7.23. The number of hydrogen-bond acceptors (Lipinski definition) is 10. The molecule has 2 N–H and O–H groups in total. The monoisotopic (exact) mass is 624 g/mol. The molecule has 43 heavy (non-hydrogen) atoms. The lowest BCUT2D eigenvalue weighted by molar-refractivity contribution is 0.0982. The molecular weight excluding hydrogens is 588 g/mol. The molecule has 1 aromatic heterocycles. The van der Waals surface area contributed by atoms with Gasteiger partial charge in [-0.25, -0.2) is 13.4 Å². The Labute approximate surface area is 258 Å². The SMILES string of the molecule is COc1cc(N2CCC(N3CCN(C)CC3)CC2)ccc1Nc1ncc(Cl)c(Nc2ccccc2N2CC=CS2(=O)=O)n1. The third kappa shape index (κ3) is 6.52. The fourth-order valence-electron chi connectivity index (χ4n) is 5.89. The molecular formula is C30H37ClN8O3S. The first-order valence-electron chi connectivity index (χ1n) is 14.5. The standard InChI is InChI=1S/C30H37ClN8O3S/c1-36-15-17-38(18-16-36)22-10-13-37(14-11-22)23-8-9-26(28(20-23)42-2)34-30-32-21-24(31)29(35-30)33-25-6-3-4-7-27(25)39-12-5-19-43(39,40)41/h3-9,19-22H,10-18H2,1-2H3,(H2,32,33,34,35). The van der Waals surface area contributed by atoms with Crippen molar-refractivity contribution in [3.05, 3.63) is 65.2 Å². The van der Waals surface area contributed by atoms with E-state index in [4.69, 9.17) is 16.3 Å². The number of anilines is 6. The topological polar surface area (TPSA) is 106 Å². The van der Waals surface area contributed by atoms with E-state index in [1.807, 2.05) is 18.2 Å². The number of rotatable bonds is 8. The van der Waals surface area contributed by atoms with Crippen LogP contribution in [0, 0.1) is 0 Å². The zero-order valence-electron chi connectivity index (χ0n) is 24.4. The minimum absolute atomic E-state index is 0.259. The van der Waals surface area contributed by atoms with Gasteiger partial charge in [0.05, 0.1) is 36.9 Å². The molecule has 0 radical (unpaired) electrons. The molecule has 0 amide bonds. The van der Waals surface area contributed by atoms with Crippen LogP contribution < -0.4 is 24.6 Å². The second kappa shape index (κ2) is 12.6. The maximum atomic E-state index is 12.5. The number of sulfonamides is 1. The molecule has 3 aromatic rings. The van der Waals surface area contributed by atoms with E-state index >= 15 is 0 Å². The van der Waals surface area contributed by atoms with Crippen LogP contribution >= 0.6 is 11.6 Å². The normalized spacial score (nSPS) is 19.5. The molecule has 228 valence electrons. The summed E-state index contributed by atoms with van der Waals surface area (Å²) in [6, 6.07) is 13.9. The smallest absolute Gasteiger partial charge is 0.257 e. The Kier molecular flexibility index (Phi) is 8.62. The number of benzene rings is 2. The molecule has 11 nitrogen and oxygen atoms in total. The van der Waals surface area contributed by atoms with E-state index in [1.54, 1.807) is 31.4 Å². The molecule has 6 rings (SSSR count). The Morgan fingerprint density at radius 2 is 1.74 bits per heavy atom.